The Morgan fingerprint density at radius 2 is 2.44 bits per heavy atom. The van der Waals surface area contributed by atoms with Gasteiger partial charge in [0.25, 0.3) is 5.56 Å². The van der Waals surface area contributed by atoms with Gasteiger partial charge in [-0.15, -0.1) is 0 Å². The van der Waals surface area contributed by atoms with Crippen LogP contribution in [0.3, 0.4) is 0 Å². The highest BCUT2D eigenvalue weighted by molar-refractivity contribution is 5.76. The lowest BCUT2D eigenvalue weighted by Crippen LogP contribution is -2.15. The van der Waals surface area contributed by atoms with Gasteiger partial charge in [-0.2, -0.15) is 4.98 Å². The number of nitrogens with two attached hydrogens (primary N) is 1. The molecular formula is C11H14N4O3. The second-order valence-corrected chi connectivity index (χ2v) is 4.51. The summed E-state index contributed by atoms with van der Waals surface area (Å²) in [5, 5.41) is 10.2. The fourth-order valence-electron chi connectivity index (χ4n) is 2.26. The highest BCUT2D eigenvalue weighted by Crippen LogP contribution is 2.30. The van der Waals surface area contributed by atoms with E-state index in [-0.39, 0.29) is 23.8 Å². The lowest BCUT2D eigenvalue weighted by molar-refractivity contribution is -0.00607. The molecule has 2 aromatic heterocycles. The van der Waals surface area contributed by atoms with Gasteiger partial charge in [-0.05, 0) is 13.0 Å². The van der Waals surface area contributed by atoms with Gasteiger partial charge in [0.05, 0.1) is 17.6 Å². The summed E-state index contributed by atoms with van der Waals surface area (Å²) in [6.45, 7) is 1.81. The molecule has 3 atom stereocenters. The summed E-state index contributed by atoms with van der Waals surface area (Å²) in [7, 11) is 0. The van der Waals surface area contributed by atoms with Gasteiger partial charge in [0.15, 0.2) is 5.65 Å². The first-order chi connectivity index (χ1) is 8.56. The molecule has 1 aliphatic heterocycles. The van der Waals surface area contributed by atoms with E-state index < -0.39 is 6.10 Å². The molecule has 96 valence electrons. The van der Waals surface area contributed by atoms with Crippen molar-refractivity contribution >= 4 is 17.0 Å². The third-order valence-corrected chi connectivity index (χ3v) is 3.27. The van der Waals surface area contributed by atoms with Crippen molar-refractivity contribution in [3.05, 3.63) is 22.6 Å². The minimum absolute atomic E-state index is 0.0686. The molecule has 0 unspecified atom stereocenters. The molecule has 2 aromatic rings. The number of aromatic nitrogens is 3. The second kappa shape index (κ2) is 3.82. The van der Waals surface area contributed by atoms with Crippen molar-refractivity contribution < 1.29 is 9.84 Å². The maximum atomic E-state index is 11.7. The molecule has 0 amide bonds. The van der Waals surface area contributed by atoms with Gasteiger partial charge in [-0.3, -0.25) is 9.78 Å². The zero-order valence-electron chi connectivity index (χ0n) is 9.83. The van der Waals surface area contributed by atoms with E-state index in [1.165, 1.54) is 0 Å². The van der Waals surface area contributed by atoms with Crippen LogP contribution in [0.25, 0.3) is 11.0 Å². The largest absolute Gasteiger partial charge is 0.390 e. The maximum Gasteiger partial charge on any atom is 0.261 e. The first-order valence-electron chi connectivity index (χ1n) is 5.76. The Bertz CT molecular complexity index is 637. The summed E-state index contributed by atoms with van der Waals surface area (Å²) in [4.78, 5) is 18.2. The number of hydrogen-bond donors (Lipinski definition) is 3. The van der Waals surface area contributed by atoms with Crippen LogP contribution in [0.2, 0.25) is 0 Å². The minimum atomic E-state index is -0.508. The third-order valence-electron chi connectivity index (χ3n) is 3.27. The highest BCUT2D eigenvalue weighted by Gasteiger charge is 2.32. The second-order valence-electron chi connectivity index (χ2n) is 4.51. The van der Waals surface area contributed by atoms with E-state index >= 15 is 0 Å². The highest BCUT2D eigenvalue weighted by atomic mass is 16.5. The summed E-state index contributed by atoms with van der Waals surface area (Å²) in [5.74, 6) is 0.0686. The quantitative estimate of drug-likeness (QED) is 0.659. The number of fused-ring (bicyclic) bond motifs is 1. The van der Waals surface area contributed by atoms with Crippen LogP contribution in [0.1, 0.15) is 19.6 Å². The van der Waals surface area contributed by atoms with Crippen LogP contribution in [0.15, 0.2) is 17.1 Å². The SMILES string of the molecule is C[C@H]1O[C@@H](n2ccc3c(=O)[nH]c(N)nc32)C[C@H]1O. The van der Waals surface area contributed by atoms with E-state index in [2.05, 4.69) is 9.97 Å². The van der Waals surface area contributed by atoms with E-state index in [9.17, 15) is 9.90 Å². The molecular weight excluding hydrogens is 236 g/mol. The van der Waals surface area contributed by atoms with Gasteiger partial charge in [-0.1, -0.05) is 0 Å². The third kappa shape index (κ3) is 1.59. The fourth-order valence-corrected chi connectivity index (χ4v) is 2.26. The Hall–Kier alpha value is -1.86. The van der Waals surface area contributed by atoms with Crippen LogP contribution in [0, 0.1) is 0 Å². The van der Waals surface area contributed by atoms with Gasteiger partial charge in [0.2, 0.25) is 5.95 Å². The molecule has 3 rings (SSSR count). The van der Waals surface area contributed by atoms with E-state index in [1.54, 1.807) is 16.8 Å². The molecule has 0 spiro atoms. The summed E-state index contributed by atoms with van der Waals surface area (Å²) in [6, 6.07) is 1.67. The number of ether oxygens (including phenoxy) is 1. The molecule has 7 nitrogen and oxygen atoms in total. The zero-order valence-corrected chi connectivity index (χ0v) is 9.83. The summed E-state index contributed by atoms with van der Waals surface area (Å²) in [5.41, 5.74) is 5.74. The van der Waals surface area contributed by atoms with Crippen LogP contribution in [0.5, 0.6) is 0 Å². The van der Waals surface area contributed by atoms with E-state index in [1.807, 2.05) is 6.92 Å². The number of aromatic amines is 1. The lowest BCUT2D eigenvalue weighted by atomic mass is 10.2. The predicted molar refractivity (Wildman–Crippen MR) is 65.0 cm³/mol. The Balaban J connectivity index is 2.11. The molecule has 7 heteroatoms. The number of nitrogens with one attached hydrogen (secondary N) is 1. The van der Waals surface area contributed by atoms with Gasteiger partial charge < -0.3 is 20.1 Å². The lowest BCUT2D eigenvalue weighted by Gasteiger charge is -2.13. The Labute approximate surface area is 102 Å². The normalized spacial score (nSPS) is 28.0. The summed E-state index contributed by atoms with van der Waals surface area (Å²) in [6.07, 6.45) is 1.14. The number of H-pyrrole nitrogens is 1. The van der Waals surface area contributed by atoms with E-state index in [0.717, 1.165) is 0 Å². The number of aliphatic hydroxyl groups excluding tert-OH is 1. The van der Waals surface area contributed by atoms with Crippen LogP contribution in [-0.2, 0) is 4.74 Å². The monoisotopic (exact) mass is 250 g/mol. The zero-order chi connectivity index (χ0) is 12.9. The average Bonchev–Trinajstić information content (AvgIpc) is 2.83. The Morgan fingerprint density at radius 1 is 1.67 bits per heavy atom. The first-order valence-corrected chi connectivity index (χ1v) is 5.76. The van der Waals surface area contributed by atoms with Crippen molar-refractivity contribution in [3.63, 3.8) is 0 Å². The van der Waals surface area contributed by atoms with Crippen LogP contribution >= 0.6 is 0 Å². The number of nitrogens with zero attached hydrogens (tertiary/aromatic N) is 2. The summed E-state index contributed by atoms with van der Waals surface area (Å²) >= 11 is 0. The van der Waals surface area contributed by atoms with Crippen molar-refractivity contribution in [2.75, 3.05) is 5.73 Å². The first kappa shape index (κ1) is 11.2. The molecule has 0 aromatic carbocycles. The smallest absolute Gasteiger partial charge is 0.261 e. The van der Waals surface area contributed by atoms with Crippen molar-refractivity contribution in [1.29, 1.82) is 0 Å². The topological polar surface area (TPSA) is 106 Å². The number of hydrogen-bond acceptors (Lipinski definition) is 5. The molecule has 1 fully saturated rings. The molecule has 0 aliphatic carbocycles. The average molecular weight is 250 g/mol. The molecule has 0 radical (unpaired) electrons. The van der Waals surface area contributed by atoms with Crippen molar-refractivity contribution in [3.8, 4) is 0 Å². The molecule has 18 heavy (non-hydrogen) atoms. The number of aliphatic hydroxyl groups is 1. The number of anilines is 1. The van der Waals surface area contributed by atoms with Gasteiger partial charge in [0.1, 0.15) is 6.23 Å². The standard InChI is InChI=1S/C11H14N4O3/c1-5-7(16)4-8(18-5)15-3-2-6-9(15)13-11(12)14-10(6)17/h2-3,5,7-8,16H,4H2,1H3,(H3,12,13,14,17)/t5-,7-,8-/m1/s1. The Morgan fingerprint density at radius 3 is 3.11 bits per heavy atom. The van der Waals surface area contributed by atoms with Crippen molar-refractivity contribution in [2.45, 2.75) is 31.8 Å². The van der Waals surface area contributed by atoms with Gasteiger partial charge in [0, 0.05) is 12.6 Å². The maximum absolute atomic E-state index is 11.7. The van der Waals surface area contributed by atoms with Crippen LogP contribution < -0.4 is 11.3 Å². The fraction of sp³-hybridized carbons (Fsp3) is 0.455. The van der Waals surface area contributed by atoms with Gasteiger partial charge >= 0.3 is 0 Å². The molecule has 0 bridgehead atoms. The number of nitrogen functional groups attached to an aromatic ring is 1. The minimum Gasteiger partial charge on any atom is -0.390 e. The summed E-state index contributed by atoms with van der Waals surface area (Å²) < 4.78 is 7.36. The molecule has 1 saturated heterocycles. The molecule has 3 heterocycles. The number of rotatable bonds is 1. The van der Waals surface area contributed by atoms with E-state index in [4.69, 9.17) is 10.5 Å². The molecule has 4 N–H and O–H groups in total. The van der Waals surface area contributed by atoms with Crippen molar-refractivity contribution in [1.82, 2.24) is 14.5 Å². The molecule has 0 saturated carbocycles. The van der Waals surface area contributed by atoms with Crippen LogP contribution in [0.4, 0.5) is 5.95 Å². The van der Waals surface area contributed by atoms with Gasteiger partial charge in [-0.25, -0.2) is 0 Å². The molecule has 1 aliphatic rings. The van der Waals surface area contributed by atoms with Crippen LogP contribution in [-0.4, -0.2) is 31.8 Å². The Kier molecular flexibility index (Phi) is 2.39. The van der Waals surface area contributed by atoms with Crippen molar-refractivity contribution in [2.24, 2.45) is 0 Å². The van der Waals surface area contributed by atoms with E-state index in [0.29, 0.717) is 17.5 Å². The predicted octanol–water partition coefficient (Wildman–Crippen LogP) is -0.0249.